The quantitative estimate of drug-likeness (QED) is 0.0398. The average Bonchev–Trinajstić information content (AvgIpc) is 4.16. The zero-order valence-corrected chi connectivity index (χ0v) is 39.8. The van der Waals surface area contributed by atoms with Crippen molar-refractivity contribution in [2.75, 3.05) is 11.5 Å². The third kappa shape index (κ3) is 12.1. The molecule has 65 heavy (non-hydrogen) atoms. The number of nitrogens with two attached hydrogens (primary N) is 2. The molecule has 0 radical (unpaired) electrons. The lowest BCUT2D eigenvalue weighted by molar-refractivity contribution is 0.426. The maximum Gasteiger partial charge on any atom is 0.488 e. The van der Waals surface area contributed by atoms with E-state index in [4.69, 9.17) is 33.1 Å². The minimum Gasteiger partial charge on any atom is -0.423 e. The first-order chi connectivity index (χ1) is 31.3. The van der Waals surface area contributed by atoms with Gasteiger partial charge in [0.15, 0.2) is 11.6 Å². The average molecular weight is 1110 g/mol. The Kier molecular flexibility index (Phi) is 15.2. The van der Waals surface area contributed by atoms with Crippen LogP contribution in [0.3, 0.4) is 0 Å². The van der Waals surface area contributed by atoms with E-state index in [0.717, 1.165) is 86.2 Å². The summed E-state index contributed by atoms with van der Waals surface area (Å²) in [6, 6.07) is 20.1. The smallest absolute Gasteiger partial charge is 0.423 e. The SMILES string of the molecule is Cc1cn(-c2ncnc3[nH]c(-c4ccc(N)cc4)cc23)cn1.Cc1cn(-c2ncnc3[nH]c(I)cc23)cn1.Cc1cnc[nH]1.Clc1ncnc2[nH]c(I)cc12.Nc1ccc(B(O)O)cc1. The Hall–Kier alpha value is -6.74. The fraction of sp³-hybridized carbons (Fsp3) is 0.0714. The van der Waals surface area contributed by atoms with E-state index >= 15 is 0 Å². The molecule has 23 heteroatoms. The van der Waals surface area contributed by atoms with Crippen molar-refractivity contribution in [1.82, 2.24) is 73.9 Å². The van der Waals surface area contributed by atoms with Crippen LogP contribution in [0.15, 0.2) is 123 Å². The fourth-order valence-corrected chi connectivity index (χ4v) is 7.32. The number of aromatic nitrogens is 15. The molecule has 0 bridgehead atoms. The normalized spacial score (nSPS) is 10.6. The maximum atomic E-state index is 8.63. The number of nitrogens with zero attached hydrogens (tertiary/aromatic N) is 11. The van der Waals surface area contributed by atoms with Crippen molar-refractivity contribution in [3.05, 3.63) is 153 Å². The highest BCUT2D eigenvalue weighted by molar-refractivity contribution is 14.1. The topological polar surface area (TPSA) is 282 Å². The van der Waals surface area contributed by atoms with Crippen LogP contribution in [-0.4, -0.2) is 91.1 Å². The molecule has 11 rings (SSSR count). The molecular weight excluding hydrogens is 1070 g/mol. The molecule has 0 saturated heterocycles. The van der Waals surface area contributed by atoms with Gasteiger partial charge in [0.2, 0.25) is 0 Å². The second-order valence-corrected chi connectivity index (χ2v) is 16.7. The van der Waals surface area contributed by atoms with Crippen LogP contribution in [0.5, 0.6) is 0 Å². The Bertz CT molecular complexity index is 3260. The van der Waals surface area contributed by atoms with E-state index < -0.39 is 7.12 Å². The van der Waals surface area contributed by atoms with Gasteiger partial charge in [-0.3, -0.25) is 9.13 Å². The predicted octanol–water partition coefficient (Wildman–Crippen LogP) is 6.64. The summed E-state index contributed by atoms with van der Waals surface area (Å²) in [6.45, 7) is 5.87. The van der Waals surface area contributed by atoms with Crippen LogP contribution >= 0.6 is 56.8 Å². The highest BCUT2D eigenvalue weighted by Crippen LogP contribution is 2.27. The van der Waals surface area contributed by atoms with Crippen LogP contribution in [0, 0.1) is 28.2 Å². The van der Waals surface area contributed by atoms with E-state index in [1.54, 1.807) is 62.1 Å². The third-order valence-electron chi connectivity index (χ3n) is 9.12. The Balaban J connectivity index is 0.000000129. The number of imidazole rings is 3. The van der Waals surface area contributed by atoms with E-state index in [-0.39, 0.29) is 0 Å². The number of anilines is 2. The van der Waals surface area contributed by atoms with E-state index in [0.29, 0.717) is 16.3 Å². The lowest BCUT2D eigenvalue weighted by atomic mass is 9.80. The second-order valence-electron chi connectivity index (χ2n) is 14.0. The lowest BCUT2D eigenvalue weighted by Crippen LogP contribution is -2.29. The molecule has 0 spiro atoms. The van der Waals surface area contributed by atoms with Gasteiger partial charge in [0.1, 0.15) is 53.7 Å². The lowest BCUT2D eigenvalue weighted by Gasteiger charge is -2.00. The van der Waals surface area contributed by atoms with Crippen molar-refractivity contribution >= 4 is 114 Å². The van der Waals surface area contributed by atoms with Crippen LogP contribution in [0.4, 0.5) is 11.4 Å². The molecule has 0 amide bonds. The van der Waals surface area contributed by atoms with Crippen LogP contribution in [-0.2, 0) is 0 Å². The largest absolute Gasteiger partial charge is 0.488 e. The number of hydrogen-bond donors (Lipinski definition) is 8. The highest BCUT2D eigenvalue weighted by Gasteiger charge is 2.12. The summed E-state index contributed by atoms with van der Waals surface area (Å²) in [5.74, 6) is 1.66. The minimum absolute atomic E-state index is 0.453. The number of fused-ring (bicyclic) bond motifs is 3. The molecule has 0 aliphatic rings. The highest BCUT2D eigenvalue weighted by atomic mass is 127. The van der Waals surface area contributed by atoms with Gasteiger partial charge in [-0.15, -0.1) is 0 Å². The number of halogens is 3. The molecule has 0 aliphatic heterocycles. The molecule has 0 atom stereocenters. The number of aromatic amines is 4. The standard InChI is InChI=1S/C16H14N6.C10H8IN5.C6H8BNO2.C6H3ClIN3.C4H6N2/c1-10-7-22(9-20-10)16-13-6-14(21-15(13)18-8-19-16)11-2-4-12(17)5-3-11;1-6-3-16(5-14-6)10-7-2-8(11)15-9(7)12-4-13-10;8-6-3-1-5(2-4-6)7(9)10;7-5-3-1-4(8)11-6(3)10-2-9-5;1-4-2-5-3-6-4/h2-9H,17H2,1H3,(H,18,19,21);2-5H,1H3,(H,12,13,15);1-4,9-10H,8H2;1-2H,(H,9,10,11);2-3H,1H3,(H,5,6). The molecule has 19 nitrogen and oxygen atoms in total. The van der Waals surface area contributed by atoms with Crippen LogP contribution < -0.4 is 16.9 Å². The van der Waals surface area contributed by atoms with Gasteiger partial charge in [-0.1, -0.05) is 35.9 Å². The van der Waals surface area contributed by atoms with Crippen LogP contribution in [0.25, 0.3) is 56.0 Å². The van der Waals surface area contributed by atoms with Gasteiger partial charge in [0, 0.05) is 41.4 Å². The van der Waals surface area contributed by atoms with Gasteiger partial charge in [0.25, 0.3) is 0 Å². The summed E-state index contributed by atoms with van der Waals surface area (Å²) in [4.78, 5) is 49.7. The van der Waals surface area contributed by atoms with E-state index in [1.807, 2.05) is 84.8 Å². The van der Waals surface area contributed by atoms with Gasteiger partial charge in [-0.25, -0.2) is 44.9 Å². The maximum absolute atomic E-state index is 8.63. The Morgan fingerprint density at radius 2 is 1.11 bits per heavy atom. The summed E-state index contributed by atoms with van der Waals surface area (Å²) < 4.78 is 5.87. The van der Waals surface area contributed by atoms with Crippen molar-refractivity contribution in [3.63, 3.8) is 0 Å². The first-order valence-corrected chi connectivity index (χ1v) is 21.9. The number of aryl methyl sites for hydroxylation is 3. The van der Waals surface area contributed by atoms with E-state index in [2.05, 4.69) is 110 Å². The van der Waals surface area contributed by atoms with Crippen molar-refractivity contribution < 1.29 is 10.0 Å². The molecule has 9 heterocycles. The Morgan fingerprint density at radius 3 is 1.57 bits per heavy atom. The number of hydrogen-bond acceptors (Lipinski definition) is 13. The van der Waals surface area contributed by atoms with Gasteiger partial charge < -0.3 is 41.5 Å². The summed E-state index contributed by atoms with van der Waals surface area (Å²) in [5.41, 5.74) is 20.4. The molecule has 9 aromatic heterocycles. The molecule has 328 valence electrons. The van der Waals surface area contributed by atoms with E-state index in [9.17, 15) is 0 Å². The molecule has 10 N–H and O–H groups in total. The van der Waals surface area contributed by atoms with Crippen molar-refractivity contribution in [3.8, 4) is 22.9 Å². The summed E-state index contributed by atoms with van der Waals surface area (Å²) in [7, 11) is -1.40. The summed E-state index contributed by atoms with van der Waals surface area (Å²) >= 11 is 10.2. The minimum atomic E-state index is -1.40. The molecule has 0 unspecified atom stereocenters. The summed E-state index contributed by atoms with van der Waals surface area (Å²) in [5, 5.41) is 20.6. The van der Waals surface area contributed by atoms with Crippen LogP contribution in [0.2, 0.25) is 5.15 Å². The molecule has 2 aromatic carbocycles. The molecule has 0 aliphatic carbocycles. The number of nitrogens with one attached hydrogen (secondary N) is 4. The van der Waals surface area contributed by atoms with Gasteiger partial charge >= 0.3 is 7.12 Å². The third-order valence-corrected chi connectivity index (χ3v) is 10.6. The van der Waals surface area contributed by atoms with Gasteiger partial charge in [-0.2, -0.15) is 0 Å². The zero-order valence-electron chi connectivity index (χ0n) is 34.7. The van der Waals surface area contributed by atoms with E-state index in [1.165, 1.54) is 6.33 Å². The molecule has 0 fully saturated rings. The first-order valence-electron chi connectivity index (χ1n) is 19.3. The second kappa shape index (κ2) is 21.3. The number of H-pyrrole nitrogens is 4. The first kappa shape index (κ1) is 46.3. The van der Waals surface area contributed by atoms with Gasteiger partial charge in [0.05, 0.1) is 41.3 Å². The zero-order chi connectivity index (χ0) is 46.0. The molecular formula is C42H39BClI2N17O2. The van der Waals surface area contributed by atoms with Crippen molar-refractivity contribution in [2.45, 2.75) is 20.8 Å². The number of benzene rings is 2. The Morgan fingerprint density at radius 1 is 0.615 bits per heavy atom. The molecule has 0 saturated carbocycles. The fourth-order valence-electron chi connectivity index (χ4n) is 6.00. The van der Waals surface area contributed by atoms with Gasteiger partial charge in [-0.05, 0) is 119 Å². The number of rotatable bonds is 4. The summed E-state index contributed by atoms with van der Waals surface area (Å²) in [6.07, 6.45) is 15.4. The number of nitrogen functional groups attached to an aromatic ring is 2. The Labute approximate surface area is 403 Å². The van der Waals surface area contributed by atoms with Crippen LogP contribution in [0.1, 0.15) is 17.1 Å². The van der Waals surface area contributed by atoms with Crippen molar-refractivity contribution in [2.24, 2.45) is 0 Å². The predicted molar refractivity (Wildman–Crippen MR) is 270 cm³/mol. The van der Waals surface area contributed by atoms with Crippen molar-refractivity contribution in [1.29, 1.82) is 0 Å². The molecule has 11 aromatic rings. The monoisotopic (exact) mass is 1110 g/mol.